The molecule has 0 saturated carbocycles. The fourth-order valence-corrected chi connectivity index (χ4v) is 2.60. The first-order chi connectivity index (χ1) is 8.27. The van der Waals surface area contributed by atoms with Crippen LogP contribution in [0.5, 0.6) is 0 Å². The molecule has 0 radical (unpaired) electrons. The highest BCUT2D eigenvalue weighted by Gasteiger charge is 2.26. The van der Waals surface area contributed by atoms with Crippen LogP contribution in [0.15, 0.2) is 18.2 Å². The van der Waals surface area contributed by atoms with Gasteiger partial charge in [0.15, 0.2) is 0 Å². The van der Waals surface area contributed by atoms with Gasteiger partial charge in [0.1, 0.15) is 0 Å². The van der Waals surface area contributed by atoms with Crippen LogP contribution in [0.3, 0.4) is 0 Å². The third kappa shape index (κ3) is 2.34. The Balaban J connectivity index is 2.29. The molecule has 92 valence electrons. The minimum absolute atomic E-state index is 0.202. The van der Waals surface area contributed by atoms with Crippen molar-refractivity contribution in [3.05, 3.63) is 34.9 Å². The van der Waals surface area contributed by atoms with Crippen LogP contribution in [0.2, 0.25) is 0 Å². The molecular weight excluding hydrogens is 216 g/mol. The second-order valence-corrected chi connectivity index (χ2v) is 4.34. The Hall–Kier alpha value is -1.35. The van der Waals surface area contributed by atoms with Crippen molar-refractivity contribution < 1.29 is 14.6 Å². The Morgan fingerprint density at radius 2 is 2.35 bits per heavy atom. The van der Waals surface area contributed by atoms with Crippen molar-refractivity contribution in [2.75, 3.05) is 13.2 Å². The van der Waals surface area contributed by atoms with Crippen LogP contribution < -0.4 is 0 Å². The van der Waals surface area contributed by atoms with Gasteiger partial charge in [-0.15, -0.1) is 0 Å². The van der Waals surface area contributed by atoms with Crippen LogP contribution in [0.25, 0.3) is 0 Å². The zero-order valence-corrected chi connectivity index (χ0v) is 10.1. The van der Waals surface area contributed by atoms with Gasteiger partial charge in [-0.1, -0.05) is 12.1 Å². The molecule has 0 fully saturated rings. The second kappa shape index (κ2) is 5.32. The zero-order chi connectivity index (χ0) is 12.3. The molecule has 0 spiro atoms. The van der Waals surface area contributed by atoms with Gasteiger partial charge in [-0.3, -0.25) is 0 Å². The summed E-state index contributed by atoms with van der Waals surface area (Å²) in [5.41, 5.74) is 3.03. The van der Waals surface area contributed by atoms with E-state index >= 15 is 0 Å². The second-order valence-electron chi connectivity index (χ2n) is 4.34. The Morgan fingerprint density at radius 1 is 1.53 bits per heavy atom. The number of esters is 1. The smallest absolute Gasteiger partial charge is 0.338 e. The third-order valence-corrected chi connectivity index (χ3v) is 3.37. The number of hydrogen-bond donors (Lipinski definition) is 1. The molecule has 1 aliphatic carbocycles. The maximum absolute atomic E-state index is 11.8. The van der Waals surface area contributed by atoms with Gasteiger partial charge >= 0.3 is 5.97 Å². The summed E-state index contributed by atoms with van der Waals surface area (Å²) in [5, 5.41) is 9.02. The van der Waals surface area contributed by atoms with Crippen LogP contribution in [0.1, 0.15) is 47.2 Å². The molecule has 2 rings (SSSR count). The Morgan fingerprint density at radius 3 is 3.06 bits per heavy atom. The molecule has 1 aliphatic rings. The first-order valence-corrected chi connectivity index (χ1v) is 6.17. The predicted octanol–water partition coefficient (Wildman–Crippen LogP) is 2.28. The first kappa shape index (κ1) is 12.1. The van der Waals surface area contributed by atoms with Crippen LogP contribution in [-0.2, 0) is 11.2 Å². The molecule has 3 nitrogen and oxygen atoms in total. The van der Waals surface area contributed by atoms with E-state index in [1.54, 1.807) is 0 Å². The monoisotopic (exact) mass is 234 g/mol. The maximum Gasteiger partial charge on any atom is 0.338 e. The standard InChI is InChI=1S/C14H18O3/c1-2-17-14(16)13-5-3-4-11-10(8-9-15)6-7-12(11)13/h3-5,10,15H,2,6-9H2,1H3/t10-/m0/s1. The van der Waals surface area contributed by atoms with E-state index in [4.69, 9.17) is 9.84 Å². The van der Waals surface area contributed by atoms with Gasteiger partial charge < -0.3 is 9.84 Å². The van der Waals surface area contributed by atoms with Gasteiger partial charge in [0, 0.05) is 6.61 Å². The summed E-state index contributed by atoms with van der Waals surface area (Å²) in [6, 6.07) is 5.80. The Bertz CT molecular complexity index is 412. The summed E-state index contributed by atoms with van der Waals surface area (Å²) in [7, 11) is 0. The van der Waals surface area contributed by atoms with Gasteiger partial charge in [0.2, 0.25) is 0 Å². The van der Waals surface area contributed by atoms with Crippen molar-refractivity contribution in [1.29, 1.82) is 0 Å². The van der Waals surface area contributed by atoms with E-state index in [-0.39, 0.29) is 12.6 Å². The number of rotatable bonds is 4. The highest BCUT2D eigenvalue weighted by atomic mass is 16.5. The van der Waals surface area contributed by atoms with Crippen LogP contribution in [-0.4, -0.2) is 24.3 Å². The van der Waals surface area contributed by atoms with E-state index in [9.17, 15) is 4.79 Å². The van der Waals surface area contributed by atoms with Crippen LogP contribution in [0, 0.1) is 0 Å². The van der Waals surface area contributed by atoms with Crippen molar-refractivity contribution in [3.63, 3.8) is 0 Å². The molecule has 0 amide bonds. The van der Waals surface area contributed by atoms with Crippen molar-refractivity contribution in [1.82, 2.24) is 0 Å². The van der Waals surface area contributed by atoms with E-state index in [0.29, 0.717) is 18.1 Å². The quantitative estimate of drug-likeness (QED) is 0.813. The first-order valence-electron chi connectivity index (χ1n) is 6.17. The number of aliphatic hydroxyl groups is 1. The number of hydrogen-bond acceptors (Lipinski definition) is 3. The molecule has 1 N–H and O–H groups in total. The minimum Gasteiger partial charge on any atom is -0.462 e. The van der Waals surface area contributed by atoms with Crippen LogP contribution in [0.4, 0.5) is 0 Å². The lowest BCUT2D eigenvalue weighted by Crippen LogP contribution is -2.08. The maximum atomic E-state index is 11.8. The van der Waals surface area contributed by atoms with Gasteiger partial charge in [0.25, 0.3) is 0 Å². The molecule has 0 aromatic heterocycles. The minimum atomic E-state index is -0.228. The van der Waals surface area contributed by atoms with E-state index in [1.165, 1.54) is 5.56 Å². The van der Waals surface area contributed by atoms with E-state index < -0.39 is 0 Å². The summed E-state index contributed by atoms with van der Waals surface area (Å²) in [4.78, 5) is 11.8. The summed E-state index contributed by atoms with van der Waals surface area (Å²) in [6.45, 7) is 2.42. The number of aliphatic hydroxyl groups excluding tert-OH is 1. The molecule has 0 unspecified atom stereocenters. The summed E-state index contributed by atoms with van der Waals surface area (Å²) >= 11 is 0. The molecular formula is C14H18O3. The molecule has 3 heteroatoms. The predicted molar refractivity (Wildman–Crippen MR) is 65.2 cm³/mol. The van der Waals surface area contributed by atoms with Gasteiger partial charge in [-0.2, -0.15) is 0 Å². The fraction of sp³-hybridized carbons (Fsp3) is 0.500. The molecule has 0 saturated heterocycles. The highest BCUT2D eigenvalue weighted by Crippen LogP contribution is 2.37. The summed E-state index contributed by atoms with van der Waals surface area (Å²) in [5.74, 6) is 0.165. The van der Waals surface area contributed by atoms with E-state index in [1.807, 2.05) is 19.1 Å². The topological polar surface area (TPSA) is 46.5 Å². The molecule has 0 aliphatic heterocycles. The lowest BCUT2D eigenvalue weighted by atomic mass is 9.96. The number of carbonyl (C=O) groups excluding carboxylic acids is 1. The molecule has 1 aromatic carbocycles. The van der Waals surface area contributed by atoms with Crippen molar-refractivity contribution in [3.8, 4) is 0 Å². The number of ether oxygens (including phenoxy) is 1. The van der Waals surface area contributed by atoms with Crippen molar-refractivity contribution in [2.45, 2.75) is 32.1 Å². The molecule has 17 heavy (non-hydrogen) atoms. The molecule has 0 heterocycles. The highest BCUT2D eigenvalue weighted by molar-refractivity contribution is 5.91. The molecule has 0 bridgehead atoms. The molecule has 1 atom stereocenters. The number of carbonyl (C=O) groups is 1. The average molecular weight is 234 g/mol. The average Bonchev–Trinajstić information content (AvgIpc) is 2.73. The fourth-order valence-electron chi connectivity index (χ4n) is 2.60. The summed E-state index contributed by atoms with van der Waals surface area (Å²) in [6.07, 6.45) is 2.71. The van der Waals surface area contributed by atoms with E-state index in [2.05, 4.69) is 6.07 Å². The Labute approximate surface area is 101 Å². The van der Waals surface area contributed by atoms with Crippen LogP contribution >= 0.6 is 0 Å². The SMILES string of the molecule is CCOC(=O)c1cccc2c1CC[C@H]2CCO. The van der Waals surface area contributed by atoms with Crippen molar-refractivity contribution in [2.24, 2.45) is 0 Å². The largest absolute Gasteiger partial charge is 0.462 e. The van der Waals surface area contributed by atoms with Crippen molar-refractivity contribution >= 4 is 5.97 Å². The lowest BCUT2D eigenvalue weighted by molar-refractivity contribution is 0.0525. The van der Waals surface area contributed by atoms with Gasteiger partial charge in [0.05, 0.1) is 12.2 Å². The molecule has 1 aromatic rings. The lowest BCUT2D eigenvalue weighted by Gasteiger charge is -2.11. The zero-order valence-electron chi connectivity index (χ0n) is 10.1. The number of benzene rings is 1. The van der Waals surface area contributed by atoms with E-state index in [0.717, 1.165) is 24.8 Å². The van der Waals surface area contributed by atoms with Gasteiger partial charge in [-0.25, -0.2) is 4.79 Å². The number of fused-ring (bicyclic) bond motifs is 1. The normalized spacial score (nSPS) is 17.9. The summed E-state index contributed by atoms with van der Waals surface area (Å²) < 4.78 is 5.06. The van der Waals surface area contributed by atoms with Gasteiger partial charge in [-0.05, 0) is 49.3 Å². The Kier molecular flexibility index (Phi) is 3.79. The third-order valence-electron chi connectivity index (χ3n) is 3.37.